The minimum Gasteiger partial charge on any atom is -0.390 e. The van der Waals surface area contributed by atoms with E-state index in [0.717, 1.165) is 38.8 Å². The number of aromatic nitrogens is 2. The van der Waals surface area contributed by atoms with Crippen molar-refractivity contribution in [2.45, 2.75) is 38.2 Å². The number of hydrogen-bond acceptors (Lipinski definition) is 5. The summed E-state index contributed by atoms with van der Waals surface area (Å²) in [4.78, 5) is 21.7. The van der Waals surface area contributed by atoms with Gasteiger partial charge in [0, 0.05) is 19.0 Å². The van der Waals surface area contributed by atoms with Crippen molar-refractivity contribution in [3.8, 4) is 0 Å². The van der Waals surface area contributed by atoms with E-state index in [-0.39, 0.29) is 11.6 Å². The van der Waals surface area contributed by atoms with Crippen LogP contribution in [0.2, 0.25) is 0 Å². The Morgan fingerprint density at radius 3 is 3.05 bits per heavy atom. The summed E-state index contributed by atoms with van der Waals surface area (Å²) in [5.41, 5.74) is 4.89. The van der Waals surface area contributed by atoms with E-state index in [1.54, 1.807) is 6.20 Å². The lowest BCUT2D eigenvalue weighted by atomic mass is 9.69. The van der Waals surface area contributed by atoms with Gasteiger partial charge >= 0.3 is 0 Å². The first-order chi connectivity index (χ1) is 10.0. The Morgan fingerprint density at radius 1 is 1.52 bits per heavy atom. The molecule has 0 radical (unpaired) electrons. The van der Waals surface area contributed by atoms with Gasteiger partial charge in [-0.25, -0.2) is 4.98 Å². The highest BCUT2D eigenvalue weighted by molar-refractivity contribution is 5.90. The number of primary amides is 1. The third-order valence-electron chi connectivity index (χ3n) is 5.13. The Labute approximate surface area is 124 Å². The molecule has 1 aliphatic heterocycles. The number of carbonyl (C=O) groups is 1. The van der Waals surface area contributed by atoms with E-state index in [1.807, 2.05) is 0 Å². The van der Waals surface area contributed by atoms with Crippen LogP contribution in [0.5, 0.6) is 0 Å². The molecule has 0 unspecified atom stereocenters. The van der Waals surface area contributed by atoms with Gasteiger partial charge in [0.15, 0.2) is 0 Å². The molecule has 1 aromatic heterocycles. The number of hydrogen-bond donors (Lipinski definition) is 2. The minimum absolute atomic E-state index is 0.188. The number of nitrogens with two attached hydrogens (primary N) is 1. The topological polar surface area (TPSA) is 92.3 Å². The molecule has 21 heavy (non-hydrogen) atoms. The van der Waals surface area contributed by atoms with Crippen LogP contribution in [0.25, 0.3) is 0 Å². The van der Waals surface area contributed by atoms with Crippen LogP contribution in [0, 0.1) is 11.8 Å². The van der Waals surface area contributed by atoms with Gasteiger partial charge in [0.2, 0.25) is 0 Å². The lowest BCUT2D eigenvalue weighted by Crippen LogP contribution is -2.44. The number of amides is 1. The highest BCUT2D eigenvalue weighted by atomic mass is 16.3. The highest BCUT2D eigenvalue weighted by Gasteiger charge is 2.48. The van der Waals surface area contributed by atoms with Crippen LogP contribution in [0.1, 0.15) is 43.1 Å². The maximum absolute atomic E-state index is 11.2. The third kappa shape index (κ3) is 2.48. The molecule has 6 nitrogen and oxygen atoms in total. The van der Waals surface area contributed by atoms with Crippen LogP contribution in [-0.2, 0) is 0 Å². The first kappa shape index (κ1) is 14.3. The lowest BCUT2D eigenvalue weighted by molar-refractivity contribution is -0.0597. The summed E-state index contributed by atoms with van der Waals surface area (Å²) >= 11 is 0. The van der Waals surface area contributed by atoms with Crippen molar-refractivity contribution in [1.82, 2.24) is 9.97 Å². The largest absolute Gasteiger partial charge is 0.390 e. The molecular weight excluding hydrogens is 268 g/mol. The Morgan fingerprint density at radius 2 is 2.33 bits per heavy atom. The molecule has 2 aliphatic rings. The molecule has 114 valence electrons. The molecule has 0 aromatic carbocycles. The molecule has 3 atom stereocenters. The summed E-state index contributed by atoms with van der Waals surface area (Å²) in [6.07, 6.45) is 6.94. The Bertz CT molecular complexity index is 550. The zero-order valence-corrected chi connectivity index (χ0v) is 12.3. The van der Waals surface area contributed by atoms with E-state index in [2.05, 4.69) is 21.8 Å². The molecule has 6 heteroatoms. The lowest BCUT2D eigenvalue weighted by Gasteiger charge is -2.40. The van der Waals surface area contributed by atoms with Crippen LogP contribution < -0.4 is 10.6 Å². The summed E-state index contributed by atoms with van der Waals surface area (Å²) in [5.74, 6) is 0.878. The van der Waals surface area contributed by atoms with Gasteiger partial charge in [-0.3, -0.25) is 9.78 Å². The van der Waals surface area contributed by atoms with Crippen molar-refractivity contribution in [3.63, 3.8) is 0 Å². The van der Waals surface area contributed by atoms with Crippen LogP contribution in [-0.4, -0.2) is 39.7 Å². The van der Waals surface area contributed by atoms with E-state index in [1.165, 1.54) is 6.20 Å². The second kappa shape index (κ2) is 5.26. The van der Waals surface area contributed by atoms with Gasteiger partial charge in [0.1, 0.15) is 11.5 Å². The van der Waals surface area contributed by atoms with Gasteiger partial charge in [-0.1, -0.05) is 13.3 Å². The van der Waals surface area contributed by atoms with E-state index >= 15 is 0 Å². The maximum atomic E-state index is 11.2. The molecule has 1 saturated heterocycles. The normalized spacial score (nSPS) is 32.0. The van der Waals surface area contributed by atoms with Gasteiger partial charge in [-0.2, -0.15) is 0 Å². The molecule has 0 spiro atoms. The molecule has 2 heterocycles. The SMILES string of the molecule is CC[C@]1(O)CCC[C@H]2CN(c3cncc(C(N)=O)n3)C[C@H]21. The van der Waals surface area contributed by atoms with Crippen molar-refractivity contribution in [2.75, 3.05) is 18.0 Å². The summed E-state index contributed by atoms with van der Waals surface area (Å²) in [6, 6.07) is 0. The summed E-state index contributed by atoms with van der Waals surface area (Å²) in [5, 5.41) is 10.8. The molecule has 1 aromatic rings. The van der Waals surface area contributed by atoms with Crippen molar-refractivity contribution in [1.29, 1.82) is 0 Å². The van der Waals surface area contributed by atoms with E-state index in [4.69, 9.17) is 5.73 Å². The fourth-order valence-corrected chi connectivity index (χ4v) is 3.88. The number of carbonyl (C=O) groups excluding carboxylic acids is 1. The van der Waals surface area contributed by atoms with Gasteiger partial charge in [-0.15, -0.1) is 0 Å². The molecule has 0 bridgehead atoms. The van der Waals surface area contributed by atoms with Crippen LogP contribution in [0.3, 0.4) is 0 Å². The minimum atomic E-state index is -0.564. The van der Waals surface area contributed by atoms with Gasteiger partial charge in [0.05, 0.1) is 18.0 Å². The average molecular weight is 290 g/mol. The van der Waals surface area contributed by atoms with Gasteiger partial charge in [0.25, 0.3) is 5.91 Å². The Balaban J connectivity index is 1.83. The third-order valence-corrected chi connectivity index (χ3v) is 5.13. The maximum Gasteiger partial charge on any atom is 0.268 e. The summed E-state index contributed by atoms with van der Waals surface area (Å²) < 4.78 is 0. The predicted molar refractivity (Wildman–Crippen MR) is 78.8 cm³/mol. The van der Waals surface area contributed by atoms with Crippen molar-refractivity contribution < 1.29 is 9.90 Å². The van der Waals surface area contributed by atoms with Crippen molar-refractivity contribution in [3.05, 3.63) is 18.1 Å². The quantitative estimate of drug-likeness (QED) is 0.864. The smallest absolute Gasteiger partial charge is 0.268 e. The highest BCUT2D eigenvalue weighted by Crippen LogP contribution is 2.44. The van der Waals surface area contributed by atoms with E-state index < -0.39 is 11.5 Å². The molecule has 1 saturated carbocycles. The fraction of sp³-hybridized carbons (Fsp3) is 0.667. The number of nitrogens with zero attached hydrogens (tertiary/aromatic N) is 3. The second-order valence-corrected chi connectivity index (χ2v) is 6.25. The molecule has 3 rings (SSSR count). The van der Waals surface area contributed by atoms with Gasteiger partial charge < -0.3 is 15.7 Å². The molecule has 1 aliphatic carbocycles. The Hall–Kier alpha value is -1.69. The van der Waals surface area contributed by atoms with Crippen molar-refractivity contribution >= 4 is 11.7 Å². The number of rotatable bonds is 3. The van der Waals surface area contributed by atoms with E-state index in [9.17, 15) is 9.90 Å². The van der Waals surface area contributed by atoms with E-state index in [0.29, 0.717) is 11.7 Å². The summed E-state index contributed by atoms with van der Waals surface area (Å²) in [7, 11) is 0. The predicted octanol–water partition coefficient (Wildman–Crippen LogP) is 0.953. The van der Waals surface area contributed by atoms with Crippen LogP contribution in [0.4, 0.5) is 5.82 Å². The zero-order chi connectivity index (χ0) is 15.0. The zero-order valence-electron chi connectivity index (χ0n) is 12.3. The molecule has 2 fully saturated rings. The second-order valence-electron chi connectivity index (χ2n) is 6.25. The van der Waals surface area contributed by atoms with Crippen LogP contribution in [0.15, 0.2) is 12.4 Å². The molecule has 3 N–H and O–H groups in total. The average Bonchev–Trinajstić information content (AvgIpc) is 2.93. The first-order valence-electron chi connectivity index (χ1n) is 7.62. The Kier molecular flexibility index (Phi) is 3.57. The van der Waals surface area contributed by atoms with Crippen LogP contribution >= 0.6 is 0 Å². The molecular formula is C15H22N4O2. The summed E-state index contributed by atoms with van der Waals surface area (Å²) in [6.45, 7) is 3.69. The monoisotopic (exact) mass is 290 g/mol. The molecule has 1 amide bonds. The van der Waals surface area contributed by atoms with Crippen molar-refractivity contribution in [2.24, 2.45) is 17.6 Å². The number of anilines is 1. The number of aliphatic hydroxyl groups is 1. The fourth-order valence-electron chi connectivity index (χ4n) is 3.88. The first-order valence-corrected chi connectivity index (χ1v) is 7.62. The number of fused-ring (bicyclic) bond motifs is 1. The van der Waals surface area contributed by atoms with Gasteiger partial charge in [-0.05, 0) is 25.2 Å². The standard InChI is InChI=1S/C15H22N4O2/c1-2-15(21)5-3-4-10-8-19(9-11(10)15)13-7-17-6-12(18-13)14(16)20/h6-7,10-11,21H,2-5,8-9H2,1H3,(H2,16,20)/t10-,11+,15-/m0/s1.